The molecule has 0 fully saturated rings. The van der Waals surface area contributed by atoms with Crippen molar-refractivity contribution < 1.29 is 9.90 Å². The van der Waals surface area contributed by atoms with Crippen LogP contribution in [0, 0.1) is 0 Å². The van der Waals surface area contributed by atoms with Crippen LogP contribution in [0.2, 0.25) is 0 Å². The van der Waals surface area contributed by atoms with E-state index in [0.29, 0.717) is 12.2 Å². The molecule has 1 aliphatic carbocycles. The van der Waals surface area contributed by atoms with Gasteiger partial charge in [-0.3, -0.25) is 4.79 Å². The van der Waals surface area contributed by atoms with Crippen molar-refractivity contribution >= 4 is 5.78 Å². The number of fused-ring (bicyclic) bond motifs is 1. The van der Waals surface area contributed by atoms with Gasteiger partial charge in [0, 0.05) is 12.3 Å². The molecule has 0 heterocycles. The smallest absolute Gasteiger partial charge is 0.141 e. The summed E-state index contributed by atoms with van der Waals surface area (Å²) in [5, 5.41) is 9.30. The fraction of sp³-hybridized carbons (Fsp3) is 0.278. The average molecular weight is 266 g/mol. The SMILES string of the molecule is O=C1CCc2ccc(CO)cc2C1Cc1ccccc1. The molecule has 1 atom stereocenters. The zero-order valence-corrected chi connectivity index (χ0v) is 11.4. The second kappa shape index (κ2) is 5.59. The fourth-order valence-electron chi connectivity index (χ4n) is 2.97. The zero-order chi connectivity index (χ0) is 13.9. The van der Waals surface area contributed by atoms with E-state index in [2.05, 4.69) is 18.2 Å². The summed E-state index contributed by atoms with van der Waals surface area (Å²) in [6.07, 6.45) is 2.20. The topological polar surface area (TPSA) is 37.3 Å². The number of aliphatic hydroxyl groups excluding tert-OH is 1. The van der Waals surface area contributed by atoms with Gasteiger partial charge in [-0.1, -0.05) is 48.5 Å². The van der Waals surface area contributed by atoms with E-state index in [0.717, 1.165) is 24.0 Å². The van der Waals surface area contributed by atoms with Crippen LogP contribution in [0.5, 0.6) is 0 Å². The maximum absolute atomic E-state index is 12.3. The third-order valence-corrected chi connectivity index (χ3v) is 4.08. The van der Waals surface area contributed by atoms with Crippen molar-refractivity contribution in [3.8, 4) is 0 Å². The van der Waals surface area contributed by atoms with Crippen LogP contribution < -0.4 is 0 Å². The van der Waals surface area contributed by atoms with E-state index in [4.69, 9.17) is 0 Å². The Kier molecular flexibility index (Phi) is 3.66. The summed E-state index contributed by atoms with van der Waals surface area (Å²) in [6, 6.07) is 16.2. The maximum Gasteiger partial charge on any atom is 0.141 e. The van der Waals surface area contributed by atoms with E-state index in [1.54, 1.807) is 0 Å². The summed E-state index contributed by atoms with van der Waals surface area (Å²) < 4.78 is 0. The highest BCUT2D eigenvalue weighted by molar-refractivity contribution is 5.88. The third-order valence-electron chi connectivity index (χ3n) is 4.08. The second-order valence-electron chi connectivity index (χ2n) is 5.40. The van der Waals surface area contributed by atoms with E-state index in [9.17, 15) is 9.90 Å². The normalized spacial score (nSPS) is 17.9. The number of hydrogen-bond donors (Lipinski definition) is 1. The summed E-state index contributed by atoms with van der Waals surface area (Å²) in [4.78, 5) is 12.3. The molecule has 0 aromatic heterocycles. The number of benzene rings is 2. The summed E-state index contributed by atoms with van der Waals surface area (Å²) >= 11 is 0. The van der Waals surface area contributed by atoms with Crippen molar-refractivity contribution in [2.45, 2.75) is 31.8 Å². The Bertz CT molecular complexity index is 617. The highest BCUT2D eigenvalue weighted by atomic mass is 16.3. The number of hydrogen-bond acceptors (Lipinski definition) is 2. The van der Waals surface area contributed by atoms with Crippen molar-refractivity contribution in [3.63, 3.8) is 0 Å². The molecule has 2 aromatic carbocycles. The van der Waals surface area contributed by atoms with Crippen LogP contribution in [0.4, 0.5) is 0 Å². The molecule has 0 saturated heterocycles. The zero-order valence-electron chi connectivity index (χ0n) is 11.4. The minimum atomic E-state index is -0.0624. The largest absolute Gasteiger partial charge is 0.392 e. The molecule has 2 aromatic rings. The Hall–Kier alpha value is -1.93. The van der Waals surface area contributed by atoms with Gasteiger partial charge in [-0.2, -0.15) is 0 Å². The lowest BCUT2D eigenvalue weighted by atomic mass is 9.78. The lowest BCUT2D eigenvalue weighted by Crippen LogP contribution is -2.22. The van der Waals surface area contributed by atoms with Crippen LogP contribution >= 0.6 is 0 Å². The summed E-state index contributed by atoms with van der Waals surface area (Å²) in [6.45, 7) is 0.0273. The van der Waals surface area contributed by atoms with Gasteiger partial charge < -0.3 is 5.11 Å². The van der Waals surface area contributed by atoms with Crippen molar-refractivity contribution in [1.29, 1.82) is 0 Å². The van der Waals surface area contributed by atoms with Crippen molar-refractivity contribution in [2.75, 3.05) is 0 Å². The monoisotopic (exact) mass is 266 g/mol. The first kappa shape index (κ1) is 13.1. The summed E-state index contributed by atoms with van der Waals surface area (Å²) in [5.74, 6) is 0.254. The number of carbonyl (C=O) groups is 1. The van der Waals surface area contributed by atoms with Crippen molar-refractivity contribution in [2.24, 2.45) is 0 Å². The maximum atomic E-state index is 12.3. The second-order valence-corrected chi connectivity index (χ2v) is 5.40. The van der Waals surface area contributed by atoms with Crippen molar-refractivity contribution in [1.82, 2.24) is 0 Å². The molecule has 1 N–H and O–H groups in total. The van der Waals surface area contributed by atoms with Gasteiger partial charge in [0.2, 0.25) is 0 Å². The first-order valence-electron chi connectivity index (χ1n) is 7.07. The van der Waals surface area contributed by atoms with Crippen LogP contribution in [0.3, 0.4) is 0 Å². The molecule has 0 radical (unpaired) electrons. The van der Waals surface area contributed by atoms with Gasteiger partial charge in [-0.15, -0.1) is 0 Å². The molecular weight excluding hydrogens is 248 g/mol. The summed E-state index contributed by atoms with van der Waals surface area (Å²) in [5.41, 5.74) is 4.43. The standard InChI is InChI=1S/C18H18O2/c19-12-14-6-7-15-8-9-18(20)17(16(15)11-14)10-13-4-2-1-3-5-13/h1-7,11,17,19H,8-10,12H2. The first-order valence-corrected chi connectivity index (χ1v) is 7.07. The molecule has 2 heteroatoms. The minimum Gasteiger partial charge on any atom is -0.392 e. The fourth-order valence-corrected chi connectivity index (χ4v) is 2.97. The lowest BCUT2D eigenvalue weighted by Gasteiger charge is -2.25. The Balaban J connectivity index is 1.96. The quantitative estimate of drug-likeness (QED) is 0.927. The molecule has 20 heavy (non-hydrogen) atoms. The van der Waals surface area contributed by atoms with E-state index < -0.39 is 0 Å². The Labute approximate surface area is 119 Å². The number of rotatable bonds is 3. The Morgan fingerprint density at radius 2 is 1.80 bits per heavy atom. The molecule has 102 valence electrons. The van der Waals surface area contributed by atoms with Crippen LogP contribution in [0.1, 0.15) is 34.6 Å². The molecule has 1 unspecified atom stereocenters. The van der Waals surface area contributed by atoms with Gasteiger partial charge in [0.25, 0.3) is 0 Å². The van der Waals surface area contributed by atoms with Gasteiger partial charge >= 0.3 is 0 Å². The molecule has 2 nitrogen and oxygen atoms in total. The highest BCUT2D eigenvalue weighted by Gasteiger charge is 2.27. The van der Waals surface area contributed by atoms with Crippen LogP contribution in [0.15, 0.2) is 48.5 Å². The predicted molar refractivity (Wildman–Crippen MR) is 78.6 cm³/mol. The van der Waals surface area contributed by atoms with E-state index in [1.165, 1.54) is 11.1 Å². The first-order chi connectivity index (χ1) is 9.78. The van der Waals surface area contributed by atoms with E-state index in [1.807, 2.05) is 30.3 Å². The number of ketones is 1. The molecule has 0 spiro atoms. The molecule has 3 rings (SSSR count). The van der Waals surface area contributed by atoms with E-state index in [-0.39, 0.29) is 12.5 Å². The molecular formula is C18H18O2. The molecule has 0 saturated carbocycles. The molecule has 0 aliphatic heterocycles. The van der Waals surface area contributed by atoms with E-state index >= 15 is 0 Å². The average Bonchev–Trinajstić information content (AvgIpc) is 2.51. The van der Waals surface area contributed by atoms with Crippen LogP contribution in [-0.4, -0.2) is 10.9 Å². The van der Waals surface area contributed by atoms with Gasteiger partial charge in [-0.05, 0) is 35.1 Å². The van der Waals surface area contributed by atoms with Gasteiger partial charge in [0.15, 0.2) is 0 Å². The number of aliphatic hydroxyl groups is 1. The Morgan fingerprint density at radius 3 is 2.55 bits per heavy atom. The third kappa shape index (κ3) is 2.52. The van der Waals surface area contributed by atoms with Gasteiger partial charge in [-0.25, -0.2) is 0 Å². The summed E-state index contributed by atoms with van der Waals surface area (Å²) in [7, 11) is 0. The van der Waals surface area contributed by atoms with Gasteiger partial charge in [0.05, 0.1) is 6.61 Å². The number of Topliss-reactive ketones (excluding diaryl/α,β-unsaturated/α-hetero) is 1. The predicted octanol–water partition coefficient (Wildman–Crippen LogP) is 3.02. The van der Waals surface area contributed by atoms with Crippen LogP contribution in [-0.2, 0) is 24.2 Å². The van der Waals surface area contributed by atoms with Crippen molar-refractivity contribution in [3.05, 3.63) is 70.8 Å². The molecule has 0 bridgehead atoms. The molecule has 0 amide bonds. The number of carbonyl (C=O) groups excluding carboxylic acids is 1. The highest BCUT2D eigenvalue weighted by Crippen LogP contribution is 2.32. The minimum absolute atomic E-state index is 0.0273. The van der Waals surface area contributed by atoms with Gasteiger partial charge in [0.1, 0.15) is 5.78 Å². The lowest BCUT2D eigenvalue weighted by molar-refractivity contribution is -0.120. The molecule has 1 aliphatic rings. The Morgan fingerprint density at radius 1 is 1.00 bits per heavy atom. The number of aryl methyl sites for hydroxylation is 1. The van der Waals surface area contributed by atoms with Crippen LogP contribution in [0.25, 0.3) is 0 Å².